The first-order valence-corrected chi connectivity index (χ1v) is 14.4. The van der Waals surface area contributed by atoms with Gasteiger partial charge in [-0.15, -0.1) is 23.2 Å². The minimum Gasteiger partial charge on any atom is -0.502 e. The Kier molecular flexibility index (Phi) is 7.04. The predicted octanol–water partition coefficient (Wildman–Crippen LogP) is 3.69. The molecule has 2 heterocycles. The maximum absolute atomic E-state index is 13.7. The number of imide groups is 2. The Balaban J connectivity index is 1.66. The average molecular weight is 642 g/mol. The van der Waals surface area contributed by atoms with Crippen LogP contribution in [0.15, 0.2) is 29.9 Å². The summed E-state index contributed by atoms with van der Waals surface area (Å²) in [7, 11) is 2.81. The van der Waals surface area contributed by atoms with E-state index in [0.29, 0.717) is 17.6 Å². The zero-order chi connectivity index (χ0) is 28.4. The third-order valence-electron chi connectivity index (χ3n) is 8.46. The predicted molar refractivity (Wildman–Crippen MR) is 147 cm³/mol. The number of methoxy groups -OCH3 is 2. The molecular weight excluding hydrogens is 615 g/mol. The number of phenols is 1. The second kappa shape index (κ2) is 9.82. The first-order valence-electron chi connectivity index (χ1n) is 12.5. The molecule has 6 unspecified atom stereocenters. The second-order valence-electron chi connectivity index (χ2n) is 10.1. The second-order valence-corrected chi connectivity index (χ2v) is 11.8. The molecule has 0 spiro atoms. The van der Waals surface area contributed by atoms with E-state index in [2.05, 4.69) is 15.9 Å². The van der Waals surface area contributed by atoms with E-state index in [1.807, 2.05) is 6.08 Å². The Bertz CT molecular complexity index is 1320. The van der Waals surface area contributed by atoms with Crippen molar-refractivity contribution in [1.29, 1.82) is 0 Å². The van der Waals surface area contributed by atoms with E-state index in [9.17, 15) is 24.3 Å². The zero-order valence-electron chi connectivity index (χ0n) is 21.4. The third kappa shape index (κ3) is 3.70. The summed E-state index contributed by atoms with van der Waals surface area (Å²) >= 11 is 17.5. The highest BCUT2D eigenvalue weighted by Crippen LogP contribution is 2.63. The number of phenolic OH excluding ortho intramolecular Hbond substituents is 1. The molecule has 1 aromatic carbocycles. The summed E-state index contributed by atoms with van der Waals surface area (Å²) < 4.78 is 10.5. The number of nitrogens with zero attached hydrogens (tertiary/aromatic N) is 2. The molecule has 208 valence electrons. The minimum atomic E-state index is -1.87. The molecule has 4 aliphatic rings. The van der Waals surface area contributed by atoms with Crippen molar-refractivity contribution in [3.8, 4) is 17.2 Å². The fourth-order valence-electron chi connectivity index (χ4n) is 6.60. The van der Waals surface area contributed by atoms with Gasteiger partial charge in [-0.25, -0.2) is 0 Å². The van der Waals surface area contributed by atoms with Gasteiger partial charge >= 0.3 is 0 Å². The number of rotatable bonds is 6. The Morgan fingerprint density at radius 2 is 1.69 bits per heavy atom. The van der Waals surface area contributed by atoms with Gasteiger partial charge in [-0.3, -0.25) is 29.0 Å². The zero-order valence-corrected chi connectivity index (χ0v) is 24.5. The molecule has 2 saturated heterocycles. The molecule has 39 heavy (non-hydrogen) atoms. The van der Waals surface area contributed by atoms with Gasteiger partial charge in [0, 0.05) is 12.5 Å². The lowest BCUT2D eigenvalue weighted by molar-refractivity contribution is -0.141. The molecule has 1 aromatic rings. The monoisotopic (exact) mass is 640 g/mol. The number of alkyl halides is 3. The summed E-state index contributed by atoms with van der Waals surface area (Å²) in [4.78, 5) is 52.2. The molecule has 12 heteroatoms. The van der Waals surface area contributed by atoms with Crippen LogP contribution in [-0.2, 0) is 19.2 Å². The van der Waals surface area contributed by atoms with E-state index in [4.69, 9.17) is 32.7 Å². The van der Waals surface area contributed by atoms with Crippen molar-refractivity contribution in [3.05, 3.63) is 35.4 Å². The van der Waals surface area contributed by atoms with Gasteiger partial charge in [0.15, 0.2) is 21.2 Å². The van der Waals surface area contributed by atoms with Crippen LogP contribution in [0.1, 0.15) is 25.3 Å². The van der Waals surface area contributed by atoms with E-state index >= 15 is 0 Å². The lowest BCUT2D eigenvalue weighted by atomic mass is 9.57. The van der Waals surface area contributed by atoms with Gasteiger partial charge < -0.3 is 14.6 Å². The maximum atomic E-state index is 13.7. The van der Waals surface area contributed by atoms with Gasteiger partial charge in [-0.2, -0.15) is 0 Å². The van der Waals surface area contributed by atoms with E-state index < -0.39 is 45.2 Å². The van der Waals surface area contributed by atoms with Gasteiger partial charge in [0.1, 0.15) is 0 Å². The lowest BCUT2D eigenvalue weighted by Crippen LogP contribution is -2.60. The number of hydrogen-bond acceptors (Lipinski definition) is 7. The standard InChI is InChI=1S/C27H27BrCl2N2O7/c1-4-31-22(34)15-7-6-14-16(20(15)23(31)35)11-26(29)24(36)32(12-28)25(37)27(26,30)17(14)8-5-13-9-18(38-2)21(33)19(10-13)39-3/h5-6,8-10,15-17,20,33H,4,7,11-12H2,1-3H3. The number of carbonyl (C=O) groups is 4. The number of amides is 4. The summed E-state index contributed by atoms with van der Waals surface area (Å²) in [6.45, 7) is 1.99. The molecule has 6 atom stereocenters. The van der Waals surface area contributed by atoms with Gasteiger partial charge in [-0.05, 0) is 43.4 Å². The number of ether oxygens (including phenoxy) is 2. The molecule has 5 rings (SSSR count). The van der Waals surface area contributed by atoms with E-state index in [1.165, 1.54) is 19.1 Å². The topological polar surface area (TPSA) is 113 Å². The number of likely N-dealkylation sites (tertiary alicyclic amines) is 2. The van der Waals surface area contributed by atoms with Crippen LogP contribution in [-0.4, -0.2) is 74.5 Å². The molecule has 0 radical (unpaired) electrons. The first kappa shape index (κ1) is 28.0. The SMILES string of the molecule is CCN1C(=O)C2CC=C3C(CC4(Cl)C(=O)N(CBr)C(=O)C4(Cl)C3C=Cc3cc(OC)c(O)c(OC)c3)C2C1=O. The summed E-state index contributed by atoms with van der Waals surface area (Å²) in [6.07, 6.45) is 5.50. The smallest absolute Gasteiger partial charge is 0.254 e. The van der Waals surface area contributed by atoms with Crippen molar-refractivity contribution in [3.63, 3.8) is 0 Å². The quantitative estimate of drug-likeness (QED) is 0.218. The Morgan fingerprint density at radius 1 is 1.05 bits per heavy atom. The fourth-order valence-corrected chi connectivity index (χ4v) is 7.98. The van der Waals surface area contributed by atoms with Crippen LogP contribution in [0.25, 0.3) is 6.08 Å². The molecule has 0 aromatic heterocycles. The van der Waals surface area contributed by atoms with Crippen molar-refractivity contribution in [1.82, 2.24) is 9.80 Å². The largest absolute Gasteiger partial charge is 0.502 e. The molecule has 2 aliphatic heterocycles. The van der Waals surface area contributed by atoms with Crippen LogP contribution in [0.4, 0.5) is 0 Å². The summed E-state index contributed by atoms with van der Waals surface area (Å²) in [6, 6.07) is 3.17. The highest BCUT2D eigenvalue weighted by Gasteiger charge is 2.75. The van der Waals surface area contributed by atoms with Gasteiger partial charge in [0.05, 0.1) is 31.5 Å². The van der Waals surface area contributed by atoms with Crippen molar-refractivity contribution in [2.45, 2.75) is 29.5 Å². The van der Waals surface area contributed by atoms with Crippen LogP contribution < -0.4 is 9.47 Å². The molecule has 0 bridgehead atoms. The molecule has 2 aliphatic carbocycles. The fraction of sp³-hybridized carbons (Fsp3) is 0.481. The van der Waals surface area contributed by atoms with Crippen molar-refractivity contribution in [2.75, 3.05) is 26.2 Å². The molecule has 3 fully saturated rings. The molecule has 1 N–H and O–H groups in total. The molecule has 4 amide bonds. The van der Waals surface area contributed by atoms with Crippen LogP contribution >= 0.6 is 39.1 Å². The Morgan fingerprint density at radius 3 is 2.26 bits per heavy atom. The van der Waals surface area contributed by atoms with Crippen LogP contribution in [0.3, 0.4) is 0 Å². The van der Waals surface area contributed by atoms with Crippen molar-refractivity contribution < 1.29 is 33.8 Å². The Labute approximate surface area is 243 Å². The number of aromatic hydroxyl groups is 1. The number of hydrogen-bond donors (Lipinski definition) is 1. The van der Waals surface area contributed by atoms with E-state index in [-0.39, 0.29) is 47.5 Å². The van der Waals surface area contributed by atoms with Gasteiger partial charge in [0.25, 0.3) is 11.8 Å². The average Bonchev–Trinajstić information content (AvgIpc) is 3.25. The van der Waals surface area contributed by atoms with Crippen LogP contribution in [0, 0.1) is 23.7 Å². The minimum absolute atomic E-state index is 0.0547. The van der Waals surface area contributed by atoms with E-state index in [1.54, 1.807) is 31.2 Å². The number of halogens is 3. The number of fused-ring (bicyclic) bond motifs is 4. The Hall–Kier alpha value is -2.56. The van der Waals surface area contributed by atoms with Gasteiger partial charge in [0.2, 0.25) is 17.6 Å². The lowest BCUT2D eigenvalue weighted by Gasteiger charge is -2.49. The highest BCUT2D eigenvalue weighted by molar-refractivity contribution is 9.09. The number of benzene rings is 1. The normalized spacial score (nSPS) is 33.8. The summed E-state index contributed by atoms with van der Waals surface area (Å²) in [5.41, 5.74) is 1.18. The molecule has 9 nitrogen and oxygen atoms in total. The number of carbonyl (C=O) groups excluding carboxylic acids is 4. The third-order valence-corrected chi connectivity index (χ3v) is 10.4. The van der Waals surface area contributed by atoms with E-state index in [0.717, 1.165) is 4.90 Å². The van der Waals surface area contributed by atoms with Crippen LogP contribution in [0.5, 0.6) is 17.2 Å². The first-order chi connectivity index (χ1) is 18.5. The highest BCUT2D eigenvalue weighted by atomic mass is 79.9. The summed E-state index contributed by atoms with van der Waals surface area (Å²) in [5, 5.41) is 10.3. The molecular formula is C27H27BrCl2N2O7. The van der Waals surface area contributed by atoms with Gasteiger partial charge in [-0.1, -0.05) is 39.7 Å². The van der Waals surface area contributed by atoms with Crippen molar-refractivity contribution in [2.24, 2.45) is 23.7 Å². The summed E-state index contributed by atoms with van der Waals surface area (Å²) in [5.74, 6) is -4.31. The number of allylic oxidation sites excluding steroid dienone is 3. The van der Waals surface area contributed by atoms with Crippen LogP contribution in [0.2, 0.25) is 0 Å². The maximum Gasteiger partial charge on any atom is 0.254 e. The van der Waals surface area contributed by atoms with Crippen molar-refractivity contribution >= 4 is 68.8 Å². The molecule has 1 saturated carbocycles.